The van der Waals surface area contributed by atoms with Crippen molar-refractivity contribution in [2.24, 2.45) is 0 Å². The summed E-state index contributed by atoms with van der Waals surface area (Å²) in [6.07, 6.45) is 3.49. The molecule has 0 bridgehead atoms. The molecule has 0 saturated carbocycles. The molecule has 1 aromatic heterocycles. The second kappa shape index (κ2) is 5.42. The van der Waals surface area contributed by atoms with E-state index in [1.165, 1.54) is 11.8 Å². The molecular weight excluding hydrogens is 270 g/mol. The van der Waals surface area contributed by atoms with Crippen molar-refractivity contribution >= 4 is 29.3 Å². The maximum atomic E-state index is 11.0. The first kappa shape index (κ1) is 12.9. The minimum absolute atomic E-state index is 0.119. The van der Waals surface area contributed by atoms with E-state index in [1.54, 1.807) is 30.6 Å². The van der Waals surface area contributed by atoms with Crippen LogP contribution in [0.25, 0.3) is 0 Å². The van der Waals surface area contributed by atoms with Crippen molar-refractivity contribution in [2.45, 2.75) is 16.7 Å². The van der Waals surface area contributed by atoms with Gasteiger partial charge in [0.15, 0.2) is 0 Å². The van der Waals surface area contributed by atoms with Crippen molar-refractivity contribution in [1.82, 2.24) is 4.98 Å². The van der Waals surface area contributed by atoms with Crippen LogP contribution in [0.5, 0.6) is 0 Å². The second-order valence-corrected chi connectivity index (χ2v) is 5.21. The van der Waals surface area contributed by atoms with Gasteiger partial charge in [-0.25, -0.2) is 4.79 Å². The Bertz CT molecular complexity index is 601. The highest BCUT2D eigenvalue weighted by atomic mass is 35.5. The minimum Gasteiger partial charge on any atom is -0.478 e. The van der Waals surface area contributed by atoms with E-state index >= 15 is 0 Å². The van der Waals surface area contributed by atoms with Gasteiger partial charge in [-0.15, -0.1) is 0 Å². The normalized spacial score (nSPS) is 10.3. The highest BCUT2D eigenvalue weighted by Gasteiger charge is 2.10. The quantitative estimate of drug-likeness (QED) is 0.926. The molecule has 1 N–H and O–H groups in total. The number of aromatic carboxylic acids is 1. The Kier molecular flexibility index (Phi) is 3.89. The van der Waals surface area contributed by atoms with Gasteiger partial charge in [0.2, 0.25) is 0 Å². The summed E-state index contributed by atoms with van der Waals surface area (Å²) in [5.74, 6) is -1.02. The van der Waals surface area contributed by atoms with Crippen LogP contribution in [0.3, 0.4) is 0 Å². The summed E-state index contributed by atoms with van der Waals surface area (Å²) in [7, 11) is 0. The van der Waals surface area contributed by atoms with Gasteiger partial charge >= 0.3 is 5.97 Å². The zero-order valence-corrected chi connectivity index (χ0v) is 11.1. The number of nitrogens with zero attached hydrogens (tertiary/aromatic N) is 1. The summed E-state index contributed by atoms with van der Waals surface area (Å²) in [6.45, 7) is 1.96. The molecule has 18 heavy (non-hydrogen) atoms. The predicted octanol–water partition coefficient (Wildman–Crippen LogP) is 3.89. The maximum absolute atomic E-state index is 11.0. The molecule has 2 rings (SSSR count). The number of aryl methyl sites for hydroxylation is 1. The lowest BCUT2D eigenvalue weighted by atomic mass is 10.2. The molecule has 5 heteroatoms. The molecule has 3 nitrogen and oxygen atoms in total. The average Bonchev–Trinajstić information content (AvgIpc) is 2.34. The fourth-order valence-corrected chi connectivity index (χ4v) is 2.54. The van der Waals surface area contributed by atoms with Crippen LogP contribution >= 0.6 is 23.4 Å². The van der Waals surface area contributed by atoms with Gasteiger partial charge in [0, 0.05) is 22.2 Å². The number of aromatic nitrogens is 1. The number of pyridine rings is 1. The molecule has 2 aromatic rings. The lowest BCUT2D eigenvalue weighted by molar-refractivity contribution is 0.0697. The van der Waals surface area contributed by atoms with Gasteiger partial charge < -0.3 is 5.11 Å². The number of benzene rings is 1. The van der Waals surface area contributed by atoms with Crippen LogP contribution in [0.1, 0.15) is 15.9 Å². The van der Waals surface area contributed by atoms with Crippen LogP contribution in [0.15, 0.2) is 46.5 Å². The molecule has 0 atom stereocenters. The highest BCUT2D eigenvalue weighted by molar-refractivity contribution is 7.99. The summed E-state index contributed by atoms with van der Waals surface area (Å²) in [5.41, 5.74) is 1.17. The third kappa shape index (κ3) is 2.83. The summed E-state index contributed by atoms with van der Waals surface area (Å²) in [5, 5.41) is 9.26. The van der Waals surface area contributed by atoms with Gasteiger partial charge in [0.25, 0.3) is 0 Å². The Hall–Kier alpha value is -1.52. The van der Waals surface area contributed by atoms with Crippen LogP contribution in [-0.4, -0.2) is 16.1 Å². The van der Waals surface area contributed by atoms with E-state index in [4.69, 9.17) is 16.7 Å². The lowest BCUT2D eigenvalue weighted by Gasteiger charge is -2.06. The van der Waals surface area contributed by atoms with Gasteiger partial charge in [0.05, 0.1) is 10.6 Å². The van der Waals surface area contributed by atoms with Crippen LogP contribution in [-0.2, 0) is 0 Å². The first-order chi connectivity index (χ1) is 8.58. The molecule has 92 valence electrons. The van der Waals surface area contributed by atoms with Gasteiger partial charge in [0.1, 0.15) is 0 Å². The number of halogens is 1. The molecular formula is C13H10ClNO2S. The summed E-state index contributed by atoms with van der Waals surface area (Å²) >= 11 is 7.32. The fourth-order valence-electron chi connectivity index (χ4n) is 1.43. The van der Waals surface area contributed by atoms with Crippen molar-refractivity contribution in [3.63, 3.8) is 0 Å². The molecule has 0 aliphatic heterocycles. The Morgan fingerprint density at radius 3 is 2.83 bits per heavy atom. The van der Waals surface area contributed by atoms with E-state index in [9.17, 15) is 4.79 Å². The van der Waals surface area contributed by atoms with Crippen LogP contribution in [0, 0.1) is 6.92 Å². The summed E-state index contributed by atoms with van der Waals surface area (Å²) in [6, 6.07) is 6.88. The first-order valence-corrected chi connectivity index (χ1v) is 6.38. The van der Waals surface area contributed by atoms with Crippen molar-refractivity contribution in [3.8, 4) is 0 Å². The maximum Gasteiger partial charge on any atom is 0.337 e. The molecule has 0 amide bonds. The van der Waals surface area contributed by atoms with E-state index in [0.717, 1.165) is 15.4 Å². The zero-order valence-electron chi connectivity index (χ0n) is 9.55. The Labute approximate surface area is 114 Å². The molecule has 0 unspecified atom stereocenters. The van der Waals surface area contributed by atoms with E-state index in [0.29, 0.717) is 0 Å². The number of hydrogen-bond acceptors (Lipinski definition) is 3. The standard InChI is InChI=1S/C13H10ClNO2S/c1-8-7-15-5-4-12(8)18-9-2-3-11(14)10(6-9)13(16)17/h2-7H,1H3,(H,16,17). The van der Waals surface area contributed by atoms with Crippen molar-refractivity contribution < 1.29 is 9.90 Å². The van der Waals surface area contributed by atoms with E-state index in [1.807, 2.05) is 13.0 Å². The van der Waals surface area contributed by atoms with Gasteiger partial charge in [-0.2, -0.15) is 0 Å². The Balaban J connectivity index is 2.33. The second-order valence-electron chi connectivity index (χ2n) is 3.69. The van der Waals surface area contributed by atoms with E-state index in [2.05, 4.69) is 4.98 Å². The number of rotatable bonds is 3. The van der Waals surface area contributed by atoms with Gasteiger partial charge in [-0.3, -0.25) is 4.98 Å². The Morgan fingerprint density at radius 1 is 1.39 bits per heavy atom. The molecule has 1 heterocycles. The number of carbonyl (C=O) groups is 1. The smallest absolute Gasteiger partial charge is 0.337 e. The third-order valence-corrected chi connectivity index (χ3v) is 3.86. The number of carboxylic acid groups (broad SMARTS) is 1. The van der Waals surface area contributed by atoms with Gasteiger partial charge in [-0.05, 0) is 36.8 Å². The molecule has 0 fully saturated rings. The predicted molar refractivity (Wildman–Crippen MR) is 71.5 cm³/mol. The minimum atomic E-state index is -1.02. The first-order valence-electron chi connectivity index (χ1n) is 5.19. The average molecular weight is 280 g/mol. The molecule has 0 aliphatic rings. The zero-order chi connectivity index (χ0) is 13.1. The van der Waals surface area contributed by atoms with E-state index in [-0.39, 0.29) is 10.6 Å². The number of hydrogen-bond donors (Lipinski definition) is 1. The fraction of sp³-hybridized carbons (Fsp3) is 0.0769. The monoisotopic (exact) mass is 279 g/mol. The third-order valence-electron chi connectivity index (χ3n) is 2.36. The Morgan fingerprint density at radius 2 is 2.17 bits per heavy atom. The largest absolute Gasteiger partial charge is 0.478 e. The highest BCUT2D eigenvalue weighted by Crippen LogP contribution is 2.31. The van der Waals surface area contributed by atoms with Crippen LogP contribution in [0.2, 0.25) is 5.02 Å². The molecule has 0 aliphatic carbocycles. The lowest BCUT2D eigenvalue weighted by Crippen LogP contribution is -1.97. The SMILES string of the molecule is Cc1cnccc1Sc1ccc(Cl)c(C(=O)O)c1. The van der Waals surface area contributed by atoms with Crippen molar-refractivity contribution in [1.29, 1.82) is 0 Å². The molecule has 0 saturated heterocycles. The van der Waals surface area contributed by atoms with Crippen molar-refractivity contribution in [2.75, 3.05) is 0 Å². The van der Waals surface area contributed by atoms with Crippen molar-refractivity contribution in [3.05, 3.63) is 52.8 Å². The van der Waals surface area contributed by atoms with Gasteiger partial charge in [-0.1, -0.05) is 23.4 Å². The topological polar surface area (TPSA) is 50.2 Å². The van der Waals surface area contributed by atoms with Crippen LogP contribution < -0.4 is 0 Å². The molecule has 0 radical (unpaired) electrons. The van der Waals surface area contributed by atoms with E-state index < -0.39 is 5.97 Å². The van der Waals surface area contributed by atoms with Crippen LogP contribution in [0.4, 0.5) is 0 Å². The number of carboxylic acids is 1. The molecule has 1 aromatic carbocycles. The molecule has 0 spiro atoms. The summed E-state index contributed by atoms with van der Waals surface area (Å²) in [4.78, 5) is 16.9. The summed E-state index contributed by atoms with van der Waals surface area (Å²) < 4.78 is 0.